The zero-order chi connectivity index (χ0) is 23.7. The third kappa shape index (κ3) is 5.13. The number of benzene rings is 2. The molecule has 0 bridgehead atoms. The van der Waals surface area contributed by atoms with Crippen molar-refractivity contribution < 1.29 is 9.59 Å². The van der Waals surface area contributed by atoms with Gasteiger partial charge in [-0.25, -0.2) is 0 Å². The molecule has 2 aromatic rings. The lowest BCUT2D eigenvalue weighted by Crippen LogP contribution is -2.54. The zero-order valence-corrected chi connectivity index (χ0v) is 20.9. The summed E-state index contributed by atoms with van der Waals surface area (Å²) in [6.07, 6.45) is 4.54. The van der Waals surface area contributed by atoms with Crippen molar-refractivity contribution >= 4 is 46.9 Å². The Morgan fingerprint density at radius 3 is 2.59 bits per heavy atom. The molecular formula is C27H30ClN3O2S. The highest BCUT2D eigenvalue weighted by molar-refractivity contribution is 8.04. The first-order valence-corrected chi connectivity index (χ1v) is 13.3. The molecule has 1 aliphatic carbocycles. The summed E-state index contributed by atoms with van der Waals surface area (Å²) in [5.41, 5.74) is 3.36. The molecule has 34 heavy (non-hydrogen) atoms. The van der Waals surface area contributed by atoms with Crippen LogP contribution in [0.5, 0.6) is 0 Å². The molecule has 3 unspecified atom stereocenters. The second-order valence-electron chi connectivity index (χ2n) is 9.46. The van der Waals surface area contributed by atoms with E-state index in [2.05, 4.69) is 35.3 Å². The van der Waals surface area contributed by atoms with Gasteiger partial charge in [-0.1, -0.05) is 47.5 Å². The van der Waals surface area contributed by atoms with E-state index < -0.39 is 0 Å². The maximum atomic E-state index is 13.3. The van der Waals surface area contributed by atoms with Crippen LogP contribution >= 0.6 is 23.4 Å². The van der Waals surface area contributed by atoms with E-state index in [1.165, 1.54) is 5.56 Å². The minimum absolute atomic E-state index is 0.0116. The second-order valence-corrected chi connectivity index (χ2v) is 11.2. The van der Waals surface area contributed by atoms with Gasteiger partial charge in [0.15, 0.2) is 0 Å². The zero-order valence-electron chi connectivity index (χ0n) is 19.4. The highest BCUT2D eigenvalue weighted by Gasteiger charge is 2.41. The predicted octanol–water partition coefficient (Wildman–Crippen LogP) is 4.74. The van der Waals surface area contributed by atoms with Crippen LogP contribution in [-0.2, 0) is 9.59 Å². The summed E-state index contributed by atoms with van der Waals surface area (Å²) >= 11 is 7.82. The lowest BCUT2D eigenvalue weighted by Gasteiger charge is -2.42. The number of aryl methyl sites for hydroxylation is 1. The van der Waals surface area contributed by atoms with E-state index in [-0.39, 0.29) is 23.8 Å². The number of piperazine rings is 1. The number of carbonyl (C=O) groups is 2. The van der Waals surface area contributed by atoms with Crippen LogP contribution in [0.25, 0.3) is 6.08 Å². The number of fused-ring (bicyclic) bond motifs is 1. The molecule has 0 spiro atoms. The molecule has 1 N–H and O–H groups in total. The summed E-state index contributed by atoms with van der Waals surface area (Å²) in [6, 6.07) is 16.2. The molecule has 3 aliphatic rings. The van der Waals surface area contributed by atoms with Crippen LogP contribution in [0.2, 0.25) is 5.02 Å². The highest BCUT2D eigenvalue weighted by Crippen LogP contribution is 2.40. The fourth-order valence-corrected chi connectivity index (χ4v) is 6.62. The molecule has 1 saturated carbocycles. The maximum absolute atomic E-state index is 13.3. The average molecular weight is 496 g/mol. The second kappa shape index (κ2) is 10.0. The number of thioether (sulfide) groups is 1. The van der Waals surface area contributed by atoms with Gasteiger partial charge in [0.05, 0.1) is 4.91 Å². The Bertz CT molecular complexity index is 1100. The number of hydrogen-bond donors (Lipinski definition) is 1. The van der Waals surface area contributed by atoms with Gasteiger partial charge < -0.3 is 15.1 Å². The molecular weight excluding hydrogens is 466 g/mol. The topological polar surface area (TPSA) is 52.7 Å². The normalized spacial score (nSPS) is 26.2. The van der Waals surface area contributed by atoms with Crippen LogP contribution in [0.15, 0.2) is 53.4 Å². The Morgan fingerprint density at radius 2 is 1.85 bits per heavy atom. The third-order valence-corrected chi connectivity index (χ3v) is 8.75. The van der Waals surface area contributed by atoms with Crippen molar-refractivity contribution in [3.63, 3.8) is 0 Å². The summed E-state index contributed by atoms with van der Waals surface area (Å²) in [5, 5.41) is 4.27. The van der Waals surface area contributed by atoms with Crippen molar-refractivity contribution in [3.8, 4) is 0 Å². The van der Waals surface area contributed by atoms with Crippen LogP contribution in [0.3, 0.4) is 0 Å². The first-order valence-electron chi connectivity index (χ1n) is 12.0. The Hall–Kier alpha value is -2.44. The number of nitrogens with one attached hydrogen (secondary N) is 1. The number of hydrogen-bond acceptors (Lipinski definition) is 4. The van der Waals surface area contributed by atoms with Crippen molar-refractivity contribution in [3.05, 3.63) is 69.6 Å². The van der Waals surface area contributed by atoms with Gasteiger partial charge >= 0.3 is 0 Å². The monoisotopic (exact) mass is 495 g/mol. The molecule has 0 radical (unpaired) electrons. The van der Waals surface area contributed by atoms with Crippen LogP contribution in [0, 0.1) is 12.8 Å². The lowest BCUT2D eigenvalue weighted by atomic mass is 9.84. The summed E-state index contributed by atoms with van der Waals surface area (Å²) in [7, 11) is 0. The standard InChI is InChI=1S/C27H30ClN3O2S/c1-18-5-7-19(8-6-18)15-25-26(32)29-23-16-20(9-10-24(23)34-25)27(33)31-13-11-30(12-14-31)22-4-2-3-21(28)17-22/h2-8,15,17,20,23-24H,9-14,16H2,1H3,(H,29,32)/b25-15+. The molecule has 7 heteroatoms. The summed E-state index contributed by atoms with van der Waals surface area (Å²) in [5.74, 6) is 0.210. The minimum Gasteiger partial charge on any atom is -0.368 e. The predicted molar refractivity (Wildman–Crippen MR) is 140 cm³/mol. The van der Waals surface area contributed by atoms with Gasteiger partial charge in [-0.05, 0) is 56.0 Å². The van der Waals surface area contributed by atoms with E-state index >= 15 is 0 Å². The molecule has 2 amide bonds. The molecule has 2 heterocycles. The SMILES string of the molecule is Cc1ccc(/C=C2/SC3CCC(C(=O)N4CCN(c5cccc(Cl)c5)CC4)CC3NC2=O)cc1. The van der Waals surface area contributed by atoms with Gasteiger partial charge in [-0.2, -0.15) is 0 Å². The molecule has 2 aromatic carbocycles. The summed E-state index contributed by atoms with van der Waals surface area (Å²) in [4.78, 5) is 31.1. The fraction of sp³-hybridized carbons (Fsp3) is 0.407. The van der Waals surface area contributed by atoms with Gasteiger partial charge in [-0.3, -0.25) is 9.59 Å². The molecule has 5 nitrogen and oxygen atoms in total. The molecule has 3 atom stereocenters. The molecule has 0 aromatic heterocycles. The number of rotatable bonds is 3. The largest absolute Gasteiger partial charge is 0.368 e. The summed E-state index contributed by atoms with van der Waals surface area (Å²) in [6.45, 7) is 5.12. The summed E-state index contributed by atoms with van der Waals surface area (Å²) < 4.78 is 0. The Morgan fingerprint density at radius 1 is 1.09 bits per heavy atom. The van der Waals surface area contributed by atoms with Gasteiger partial charge in [-0.15, -0.1) is 11.8 Å². The van der Waals surface area contributed by atoms with Crippen molar-refractivity contribution in [2.24, 2.45) is 5.92 Å². The van der Waals surface area contributed by atoms with Crippen molar-refractivity contribution in [2.45, 2.75) is 37.5 Å². The average Bonchev–Trinajstić information content (AvgIpc) is 2.85. The van der Waals surface area contributed by atoms with E-state index in [9.17, 15) is 9.59 Å². The van der Waals surface area contributed by atoms with Crippen molar-refractivity contribution in [1.82, 2.24) is 10.2 Å². The first-order chi connectivity index (χ1) is 16.5. The van der Waals surface area contributed by atoms with Gasteiger partial charge in [0.2, 0.25) is 5.91 Å². The molecule has 178 valence electrons. The fourth-order valence-electron chi connectivity index (χ4n) is 5.15. The van der Waals surface area contributed by atoms with E-state index in [1.807, 2.05) is 41.3 Å². The maximum Gasteiger partial charge on any atom is 0.257 e. The van der Waals surface area contributed by atoms with Crippen LogP contribution < -0.4 is 10.2 Å². The van der Waals surface area contributed by atoms with E-state index in [0.717, 1.165) is 66.6 Å². The number of halogens is 1. The van der Waals surface area contributed by atoms with Gasteiger partial charge in [0.1, 0.15) is 0 Å². The number of nitrogens with zero attached hydrogens (tertiary/aromatic N) is 2. The van der Waals surface area contributed by atoms with Gasteiger partial charge in [0.25, 0.3) is 5.91 Å². The first kappa shape index (κ1) is 23.3. The lowest BCUT2D eigenvalue weighted by molar-refractivity contribution is -0.137. The molecule has 2 aliphatic heterocycles. The van der Waals surface area contributed by atoms with E-state index in [4.69, 9.17) is 11.6 Å². The molecule has 5 rings (SSSR count). The van der Waals surface area contributed by atoms with Crippen molar-refractivity contribution in [2.75, 3.05) is 31.1 Å². The smallest absolute Gasteiger partial charge is 0.257 e. The Kier molecular flexibility index (Phi) is 6.89. The number of anilines is 1. The van der Waals surface area contributed by atoms with Crippen LogP contribution in [-0.4, -0.2) is 54.2 Å². The number of carbonyl (C=O) groups excluding carboxylic acids is 2. The van der Waals surface area contributed by atoms with E-state index in [1.54, 1.807) is 11.8 Å². The Labute approximate surface area is 210 Å². The molecule has 3 fully saturated rings. The van der Waals surface area contributed by atoms with Gasteiger partial charge in [0, 0.05) is 54.1 Å². The van der Waals surface area contributed by atoms with Crippen LogP contribution in [0.4, 0.5) is 5.69 Å². The van der Waals surface area contributed by atoms with E-state index in [0.29, 0.717) is 5.25 Å². The minimum atomic E-state index is -0.0185. The molecule has 2 saturated heterocycles. The van der Waals surface area contributed by atoms with Crippen LogP contribution in [0.1, 0.15) is 30.4 Å². The highest BCUT2D eigenvalue weighted by atomic mass is 35.5. The van der Waals surface area contributed by atoms with Crippen molar-refractivity contribution in [1.29, 1.82) is 0 Å². The number of amides is 2. The third-order valence-electron chi connectivity index (χ3n) is 7.09. The quantitative estimate of drug-likeness (QED) is 0.625. The Balaban J connectivity index is 1.17.